The fourth-order valence-corrected chi connectivity index (χ4v) is 1.03. The van der Waals surface area contributed by atoms with Crippen LogP contribution in [0.25, 0.3) is 0 Å². The van der Waals surface area contributed by atoms with Gasteiger partial charge in [0.25, 0.3) is 0 Å². The highest BCUT2D eigenvalue weighted by atomic mass is 16.6. The standard InChI is InChI=1S/C12H20N2O4/c1-8(13)6-11(15)17-5-4-10(3)18-12(16)7-9(2)14/h6-7,10H,4-5,13-14H2,1-3H3. The first kappa shape index (κ1) is 16.0. The Hall–Kier alpha value is -1.98. The minimum atomic E-state index is -0.508. The Balaban J connectivity index is 3.88. The normalized spacial score (nSPS) is 13.9. The zero-order valence-corrected chi connectivity index (χ0v) is 10.9. The monoisotopic (exact) mass is 256 g/mol. The van der Waals surface area contributed by atoms with E-state index >= 15 is 0 Å². The molecule has 18 heavy (non-hydrogen) atoms. The minimum absolute atomic E-state index is 0.155. The van der Waals surface area contributed by atoms with Gasteiger partial charge in [-0.15, -0.1) is 0 Å². The molecule has 0 aromatic heterocycles. The van der Waals surface area contributed by atoms with Crippen molar-refractivity contribution in [2.45, 2.75) is 33.3 Å². The summed E-state index contributed by atoms with van der Waals surface area (Å²) in [4.78, 5) is 22.3. The van der Waals surface area contributed by atoms with Crippen molar-refractivity contribution in [3.8, 4) is 0 Å². The molecule has 0 saturated carbocycles. The minimum Gasteiger partial charge on any atom is -0.462 e. The van der Waals surface area contributed by atoms with Crippen molar-refractivity contribution in [3.05, 3.63) is 23.5 Å². The van der Waals surface area contributed by atoms with Gasteiger partial charge in [-0.1, -0.05) is 0 Å². The average Bonchev–Trinajstić information content (AvgIpc) is 2.13. The molecule has 0 spiro atoms. The van der Waals surface area contributed by atoms with Gasteiger partial charge in [0, 0.05) is 30.0 Å². The van der Waals surface area contributed by atoms with E-state index in [2.05, 4.69) is 0 Å². The Morgan fingerprint density at radius 2 is 1.61 bits per heavy atom. The van der Waals surface area contributed by atoms with Crippen molar-refractivity contribution in [2.75, 3.05) is 6.61 Å². The van der Waals surface area contributed by atoms with Crippen molar-refractivity contribution >= 4 is 11.9 Å². The van der Waals surface area contributed by atoms with Gasteiger partial charge >= 0.3 is 11.9 Å². The van der Waals surface area contributed by atoms with Crippen LogP contribution < -0.4 is 11.5 Å². The van der Waals surface area contributed by atoms with Crippen LogP contribution in [0.2, 0.25) is 0 Å². The number of carbonyl (C=O) groups excluding carboxylic acids is 2. The van der Waals surface area contributed by atoms with Crippen molar-refractivity contribution in [2.24, 2.45) is 11.5 Å². The topological polar surface area (TPSA) is 105 Å². The Morgan fingerprint density at radius 3 is 2.11 bits per heavy atom. The molecule has 6 nitrogen and oxygen atoms in total. The third-order valence-corrected chi connectivity index (χ3v) is 1.78. The van der Waals surface area contributed by atoms with Crippen molar-refractivity contribution in [1.82, 2.24) is 0 Å². The van der Waals surface area contributed by atoms with Crippen LogP contribution in [0.5, 0.6) is 0 Å². The van der Waals surface area contributed by atoms with Gasteiger partial charge in [-0.2, -0.15) is 0 Å². The lowest BCUT2D eigenvalue weighted by atomic mass is 10.3. The van der Waals surface area contributed by atoms with Gasteiger partial charge in [0.1, 0.15) is 6.10 Å². The van der Waals surface area contributed by atoms with Crippen LogP contribution in [-0.4, -0.2) is 24.6 Å². The molecule has 0 rings (SSSR count). The molecule has 102 valence electrons. The summed E-state index contributed by atoms with van der Waals surface area (Å²) in [5.74, 6) is -1.02. The lowest BCUT2D eigenvalue weighted by Crippen LogP contribution is -2.17. The molecular formula is C12H20N2O4. The SMILES string of the molecule is CC(N)=CC(=O)OCCC(C)OC(=O)C=C(C)N. The van der Waals surface area contributed by atoms with Gasteiger partial charge in [-0.05, 0) is 20.8 Å². The second-order valence-corrected chi connectivity index (χ2v) is 3.98. The molecule has 0 heterocycles. The Bertz CT molecular complexity index is 353. The van der Waals surface area contributed by atoms with E-state index in [1.807, 2.05) is 0 Å². The zero-order chi connectivity index (χ0) is 14.1. The summed E-state index contributed by atoms with van der Waals surface area (Å²) >= 11 is 0. The van der Waals surface area contributed by atoms with E-state index in [0.717, 1.165) is 0 Å². The molecular weight excluding hydrogens is 236 g/mol. The van der Waals surface area contributed by atoms with Crippen LogP contribution in [0, 0.1) is 0 Å². The van der Waals surface area contributed by atoms with Crippen LogP contribution in [0.4, 0.5) is 0 Å². The summed E-state index contributed by atoms with van der Waals surface area (Å²) in [5.41, 5.74) is 11.4. The van der Waals surface area contributed by atoms with Crippen molar-refractivity contribution < 1.29 is 19.1 Å². The highest BCUT2D eigenvalue weighted by Gasteiger charge is 2.08. The molecule has 1 atom stereocenters. The smallest absolute Gasteiger partial charge is 0.332 e. The van der Waals surface area contributed by atoms with Crippen molar-refractivity contribution in [3.63, 3.8) is 0 Å². The fraction of sp³-hybridized carbons (Fsp3) is 0.500. The second-order valence-electron chi connectivity index (χ2n) is 3.98. The van der Waals surface area contributed by atoms with Crippen molar-refractivity contribution in [1.29, 1.82) is 0 Å². The molecule has 0 aromatic carbocycles. The van der Waals surface area contributed by atoms with E-state index in [0.29, 0.717) is 17.8 Å². The van der Waals surface area contributed by atoms with E-state index in [-0.39, 0.29) is 12.7 Å². The van der Waals surface area contributed by atoms with Gasteiger partial charge in [0.05, 0.1) is 6.61 Å². The molecule has 0 aliphatic carbocycles. The number of ether oxygens (including phenoxy) is 2. The predicted octanol–water partition coefficient (Wildman–Crippen LogP) is 0.576. The first-order valence-corrected chi connectivity index (χ1v) is 5.56. The molecule has 0 saturated heterocycles. The highest BCUT2D eigenvalue weighted by molar-refractivity contribution is 5.83. The summed E-state index contributed by atoms with van der Waals surface area (Å²) in [6.45, 7) is 5.04. The van der Waals surface area contributed by atoms with Crippen LogP contribution in [0.1, 0.15) is 27.2 Å². The summed E-state index contributed by atoms with van der Waals surface area (Å²) in [7, 11) is 0. The maximum absolute atomic E-state index is 11.2. The number of hydrogen-bond donors (Lipinski definition) is 2. The molecule has 0 amide bonds. The second kappa shape index (κ2) is 8.16. The van der Waals surface area contributed by atoms with E-state index in [4.69, 9.17) is 20.9 Å². The van der Waals surface area contributed by atoms with E-state index < -0.39 is 11.9 Å². The van der Waals surface area contributed by atoms with Gasteiger partial charge in [-0.3, -0.25) is 0 Å². The summed E-state index contributed by atoms with van der Waals surface area (Å²) in [6, 6.07) is 0. The maximum atomic E-state index is 11.2. The van der Waals surface area contributed by atoms with Crippen LogP contribution in [0.15, 0.2) is 23.5 Å². The van der Waals surface area contributed by atoms with Gasteiger partial charge in [0.2, 0.25) is 0 Å². The molecule has 0 aromatic rings. The molecule has 0 aliphatic rings. The van der Waals surface area contributed by atoms with Gasteiger partial charge < -0.3 is 20.9 Å². The average molecular weight is 256 g/mol. The number of hydrogen-bond acceptors (Lipinski definition) is 6. The Kier molecular flexibility index (Phi) is 7.26. The van der Waals surface area contributed by atoms with Gasteiger partial charge in [-0.25, -0.2) is 9.59 Å². The fourth-order valence-electron chi connectivity index (χ4n) is 1.03. The number of nitrogens with two attached hydrogens (primary N) is 2. The zero-order valence-electron chi connectivity index (χ0n) is 10.9. The summed E-state index contributed by atoms with van der Waals surface area (Å²) in [5, 5.41) is 0. The van der Waals surface area contributed by atoms with E-state index in [1.165, 1.54) is 12.2 Å². The molecule has 0 radical (unpaired) electrons. The van der Waals surface area contributed by atoms with Crippen LogP contribution >= 0.6 is 0 Å². The largest absolute Gasteiger partial charge is 0.462 e. The molecule has 4 N–H and O–H groups in total. The lowest BCUT2D eigenvalue weighted by molar-refractivity contribution is -0.144. The Morgan fingerprint density at radius 1 is 1.11 bits per heavy atom. The summed E-state index contributed by atoms with van der Waals surface area (Å²) < 4.78 is 9.86. The lowest BCUT2D eigenvalue weighted by Gasteiger charge is -2.11. The Labute approximate surface area is 107 Å². The highest BCUT2D eigenvalue weighted by Crippen LogP contribution is 2.00. The molecule has 6 heteroatoms. The van der Waals surface area contributed by atoms with E-state index in [1.54, 1.807) is 20.8 Å². The van der Waals surface area contributed by atoms with Gasteiger partial charge in [0.15, 0.2) is 0 Å². The molecule has 0 aliphatic heterocycles. The third kappa shape index (κ3) is 9.26. The predicted molar refractivity (Wildman–Crippen MR) is 67.0 cm³/mol. The van der Waals surface area contributed by atoms with Crippen LogP contribution in [-0.2, 0) is 19.1 Å². The quantitative estimate of drug-likeness (QED) is 0.532. The van der Waals surface area contributed by atoms with Crippen LogP contribution in [0.3, 0.4) is 0 Å². The maximum Gasteiger partial charge on any atom is 0.332 e. The summed E-state index contributed by atoms with van der Waals surface area (Å²) in [6.07, 6.45) is 2.44. The number of allylic oxidation sites excluding steroid dienone is 2. The number of esters is 2. The number of rotatable bonds is 6. The molecule has 0 fully saturated rings. The first-order valence-electron chi connectivity index (χ1n) is 5.56. The molecule has 1 unspecified atom stereocenters. The molecule has 0 bridgehead atoms. The first-order chi connectivity index (χ1) is 8.31. The number of carbonyl (C=O) groups is 2. The van der Waals surface area contributed by atoms with E-state index in [9.17, 15) is 9.59 Å². The third-order valence-electron chi connectivity index (χ3n) is 1.78.